The number of aryl methyl sites for hydroxylation is 3. The number of urea groups is 4. The molecule has 8 rings (SSSR count). The van der Waals surface area contributed by atoms with Crippen molar-refractivity contribution in [3.8, 4) is 46.0 Å². The van der Waals surface area contributed by atoms with Gasteiger partial charge in [-0.15, -0.1) is 0 Å². The first kappa shape index (κ1) is 62.8. The Morgan fingerprint density at radius 1 is 0.349 bits per heavy atom. The van der Waals surface area contributed by atoms with E-state index in [0.717, 1.165) is 41.0 Å². The van der Waals surface area contributed by atoms with E-state index in [1.807, 2.05) is 51.1 Å². The number of para-hydroxylation sites is 6. The molecule has 20 nitrogen and oxygen atoms in total. The van der Waals surface area contributed by atoms with Gasteiger partial charge < -0.3 is 81.9 Å². The lowest BCUT2D eigenvalue weighted by atomic mass is 10.1. The normalized spacial score (nSPS) is 10.0. The monoisotopic (exact) mass is 1150 g/mol. The number of carbonyl (C=O) groups is 4. The Balaban J connectivity index is 0.000000203. The molecule has 8 aromatic rings. The molecule has 0 atom stereocenters. The maximum absolute atomic E-state index is 13.3. The van der Waals surface area contributed by atoms with Crippen molar-refractivity contribution in [1.82, 2.24) is 0 Å². The Labute approximate surface area is 473 Å². The number of rotatable bonds is 12. The molecule has 0 aromatic heterocycles. The second kappa shape index (κ2) is 30.4. The van der Waals surface area contributed by atoms with E-state index in [1.54, 1.807) is 36.4 Å². The highest BCUT2D eigenvalue weighted by molar-refractivity contribution is 6.03. The minimum Gasteiger partial charge on any atom is -0.503 e. The third kappa shape index (κ3) is 18.3. The smallest absolute Gasteiger partial charge is 0.323 e. The Bertz CT molecular complexity index is 3530. The van der Waals surface area contributed by atoms with E-state index in [4.69, 9.17) is 18.9 Å². The van der Waals surface area contributed by atoms with Crippen LogP contribution in [-0.4, -0.2) is 73.0 Å². The third-order valence-electron chi connectivity index (χ3n) is 11.3. The summed E-state index contributed by atoms with van der Waals surface area (Å²) in [5, 5.41) is 57.9. The molecule has 0 saturated heterocycles. The number of anilines is 8. The van der Waals surface area contributed by atoms with Gasteiger partial charge in [0.1, 0.15) is 5.75 Å². The van der Waals surface area contributed by atoms with Crippen molar-refractivity contribution in [2.75, 3.05) is 71.0 Å². The van der Waals surface area contributed by atoms with Gasteiger partial charge in [0.15, 0.2) is 57.8 Å². The van der Waals surface area contributed by atoms with Crippen LogP contribution < -0.4 is 61.5 Å². The molecule has 0 aliphatic heterocycles. The van der Waals surface area contributed by atoms with Crippen LogP contribution in [0, 0.1) is 44.0 Å². The van der Waals surface area contributed by atoms with Crippen LogP contribution in [-0.2, 0) is 0 Å². The summed E-state index contributed by atoms with van der Waals surface area (Å²) in [6.07, 6.45) is 0. The van der Waals surface area contributed by atoms with Gasteiger partial charge in [-0.2, -0.15) is 0 Å². The van der Waals surface area contributed by atoms with Gasteiger partial charge in [0.2, 0.25) is 5.75 Å². The molecule has 0 radical (unpaired) electrons. The standard InChI is InChI=1S/C16H17FN2O5.C15H15FN2O2.C14H13FN2O3.C14H13FN2O2/c1-22-12-7-9(8-13(23-2)15(12)24-3)18-16(21)19-11-6-4-5-10(17)14(11)20;1-9-5-3-6-10(2)13(9)18-15(20)17-12-8-4-7-11(16)14(12)19;1-20-10-5-2-4-9(8-10)16-14(19)17-12-7-3-6-11(15)13(12)18;1-9-5-2-3-7-11(9)16-14(19)17-12-8-4-6-10(15)13(12)18/h4-8,20H,1-3H3,(H2,18,19,21);3-8,19H,1-2H3,(H2,17,18,20);2-8,18H,1H3,(H2,16,17,19);2-8,18H,1H3,(H2,16,17,19). The Morgan fingerprint density at radius 2 is 0.687 bits per heavy atom. The Hall–Kier alpha value is -11.0. The van der Waals surface area contributed by atoms with E-state index in [-0.39, 0.29) is 22.7 Å². The fraction of sp³-hybridized carbons (Fsp3) is 0.119. The fourth-order valence-electron chi connectivity index (χ4n) is 7.16. The lowest BCUT2D eigenvalue weighted by Gasteiger charge is -2.15. The molecule has 0 fully saturated rings. The number of phenols is 4. The molecule has 0 heterocycles. The van der Waals surface area contributed by atoms with E-state index >= 15 is 0 Å². The maximum atomic E-state index is 13.3. The summed E-state index contributed by atoms with van der Waals surface area (Å²) in [5.74, 6) is -3.91. The summed E-state index contributed by atoms with van der Waals surface area (Å²) in [6, 6.07) is 35.9. The van der Waals surface area contributed by atoms with Gasteiger partial charge in [-0.3, -0.25) is 0 Å². The average Bonchev–Trinajstić information content (AvgIpc) is 3.51. The second-order valence-electron chi connectivity index (χ2n) is 17.1. The number of benzene rings is 8. The highest BCUT2D eigenvalue weighted by Gasteiger charge is 2.17. The van der Waals surface area contributed by atoms with E-state index in [9.17, 15) is 57.2 Å². The zero-order valence-corrected chi connectivity index (χ0v) is 45.5. The van der Waals surface area contributed by atoms with Gasteiger partial charge in [0.25, 0.3) is 0 Å². The van der Waals surface area contributed by atoms with Gasteiger partial charge in [0.05, 0.1) is 56.9 Å². The number of amides is 8. The van der Waals surface area contributed by atoms with Gasteiger partial charge in [-0.25, -0.2) is 36.7 Å². The predicted octanol–water partition coefficient (Wildman–Crippen LogP) is 13.7. The average molecular weight is 1150 g/mol. The minimum atomic E-state index is -0.833. The van der Waals surface area contributed by atoms with Crippen LogP contribution in [0.3, 0.4) is 0 Å². The number of hydrogen-bond donors (Lipinski definition) is 12. The first-order valence-corrected chi connectivity index (χ1v) is 24.4. The number of methoxy groups -OCH3 is 4. The molecule has 83 heavy (non-hydrogen) atoms. The molecule has 0 saturated carbocycles. The number of ether oxygens (including phenoxy) is 4. The fourth-order valence-corrected chi connectivity index (χ4v) is 7.16. The number of phenolic OH excluding ortho intramolecular Hbond substituents is 4. The topological polar surface area (TPSA) is 282 Å². The number of nitrogens with one attached hydrogen (secondary N) is 8. The van der Waals surface area contributed by atoms with Crippen molar-refractivity contribution in [2.24, 2.45) is 0 Å². The van der Waals surface area contributed by atoms with E-state index in [1.165, 1.54) is 89.1 Å². The molecule has 8 aromatic carbocycles. The van der Waals surface area contributed by atoms with Crippen LogP contribution in [0.25, 0.3) is 0 Å². The minimum absolute atomic E-state index is 0.00889. The summed E-state index contributed by atoms with van der Waals surface area (Å²) in [6.45, 7) is 5.61. The summed E-state index contributed by atoms with van der Waals surface area (Å²) in [4.78, 5) is 47.4. The largest absolute Gasteiger partial charge is 0.503 e. The molecule has 434 valence electrons. The van der Waals surface area contributed by atoms with Crippen LogP contribution in [0.5, 0.6) is 46.0 Å². The van der Waals surface area contributed by atoms with Crippen LogP contribution in [0.1, 0.15) is 16.7 Å². The molecule has 8 amide bonds. The van der Waals surface area contributed by atoms with Crippen molar-refractivity contribution in [2.45, 2.75) is 20.8 Å². The molecule has 24 heteroatoms. The zero-order chi connectivity index (χ0) is 60.8. The van der Waals surface area contributed by atoms with Crippen LogP contribution in [0.15, 0.2) is 152 Å². The highest BCUT2D eigenvalue weighted by atomic mass is 19.1. The number of carbonyl (C=O) groups excluding carboxylic acids is 4. The van der Waals surface area contributed by atoms with E-state index in [0.29, 0.717) is 45.7 Å². The highest BCUT2D eigenvalue weighted by Crippen LogP contribution is 2.40. The molecule has 0 spiro atoms. The Kier molecular flexibility index (Phi) is 23.0. The van der Waals surface area contributed by atoms with E-state index < -0.39 is 70.4 Å². The SMILES string of the molecule is COc1cc(NC(=O)Nc2cccc(F)c2O)cc(OC)c1OC.COc1cccc(NC(=O)Nc2cccc(F)c2O)c1.Cc1cccc(C)c1NC(=O)Nc1cccc(F)c1O.Cc1ccccc1NC(=O)Nc1cccc(F)c1O. The van der Waals surface area contributed by atoms with E-state index in [2.05, 4.69) is 42.5 Å². The first-order chi connectivity index (χ1) is 39.7. The summed E-state index contributed by atoms with van der Waals surface area (Å²) in [5.41, 5.74) is 4.94. The van der Waals surface area contributed by atoms with Crippen LogP contribution in [0.2, 0.25) is 0 Å². The zero-order valence-electron chi connectivity index (χ0n) is 45.5. The summed E-state index contributed by atoms with van der Waals surface area (Å²) >= 11 is 0. The number of halogens is 4. The van der Waals surface area contributed by atoms with Crippen molar-refractivity contribution in [3.63, 3.8) is 0 Å². The number of hydrogen-bond acceptors (Lipinski definition) is 12. The van der Waals surface area contributed by atoms with Gasteiger partial charge in [-0.05, 0) is 104 Å². The van der Waals surface area contributed by atoms with Gasteiger partial charge in [-0.1, -0.05) is 66.7 Å². The molecule has 0 bridgehead atoms. The van der Waals surface area contributed by atoms with Crippen molar-refractivity contribution in [1.29, 1.82) is 0 Å². The lowest BCUT2D eigenvalue weighted by Crippen LogP contribution is -2.20. The molecule has 0 aliphatic rings. The second-order valence-corrected chi connectivity index (χ2v) is 17.1. The third-order valence-corrected chi connectivity index (χ3v) is 11.3. The quantitative estimate of drug-likeness (QED) is 0.0402. The predicted molar refractivity (Wildman–Crippen MR) is 309 cm³/mol. The van der Waals surface area contributed by atoms with Crippen molar-refractivity contribution in [3.05, 3.63) is 192 Å². The molecular weight excluding hydrogens is 1090 g/mol. The van der Waals surface area contributed by atoms with Crippen LogP contribution in [0.4, 0.5) is 82.2 Å². The Morgan fingerprint density at radius 3 is 1.08 bits per heavy atom. The summed E-state index contributed by atoms with van der Waals surface area (Å²) < 4.78 is 73.2. The number of aromatic hydroxyl groups is 4. The van der Waals surface area contributed by atoms with Crippen LogP contribution >= 0.6 is 0 Å². The van der Waals surface area contributed by atoms with Gasteiger partial charge >= 0.3 is 24.1 Å². The maximum Gasteiger partial charge on any atom is 0.323 e. The molecular formula is C59H58F4N8O12. The van der Waals surface area contributed by atoms with Crippen molar-refractivity contribution < 1.29 is 76.1 Å². The first-order valence-electron chi connectivity index (χ1n) is 24.4. The van der Waals surface area contributed by atoms with Gasteiger partial charge in [0, 0.05) is 35.3 Å². The van der Waals surface area contributed by atoms with Crippen molar-refractivity contribution >= 4 is 69.6 Å². The molecule has 0 aliphatic carbocycles. The lowest BCUT2D eigenvalue weighted by molar-refractivity contribution is 0.261. The molecule has 0 unspecified atom stereocenters. The molecule has 12 N–H and O–H groups in total. The summed E-state index contributed by atoms with van der Waals surface area (Å²) in [7, 11) is 5.88.